The number of carboxylic acid groups (broad SMARTS) is 1. The van der Waals surface area contributed by atoms with Crippen LogP contribution < -0.4 is 0 Å². The summed E-state index contributed by atoms with van der Waals surface area (Å²) >= 11 is 1.76. The number of thioether (sulfide) groups is 1. The first-order chi connectivity index (χ1) is 6.63. The van der Waals surface area contributed by atoms with Crippen LogP contribution in [0.15, 0.2) is 0 Å². The van der Waals surface area contributed by atoms with Gasteiger partial charge in [-0.3, -0.25) is 9.69 Å². The number of hydrogen-bond acceptors (Lipinski definition) is 3. The molecule has 3 nitrogen and oxygen atoms in total. The second kappa shape index (κ2) is 5.03. The molecule has 1 unspecified atom stereocenters. The average molecular weight is 217 g/mol. The second-order valence-corrected chi connectivity index (χ2v) is 5.02. The van der Waals surface area contributed by atoms with E-state index in [-0.39, 0.29) is 0 Å². The van der Waals surface area contributed by atoms with E-state index in [9.17, 15) is 9.90 Å². The number of aliphatic carboxylic acids is 1. The summed E-state index contributed by atoms with van der Waals surface area (Å²) in [5, 5.41) is 9.33. The molecule has 14 heavy (non-hydrogen) atoms. The van der Waals surface area contributed by atoms with Gasteiger partial charge in [0.2, 0.25) is 0 Å². The van der Waals surface area contributed by atoms with Gasteiger partial charge in [-0.15, -0.1) is 0 Å². The third kappa shape index (κ3) is 2.23. The minimum absolute atomic E-state index is 0.598. The Labute approximate surface area is 89.9 Å². The van der Waals surface area contributed by atoms with E-state index in [1.165, 1.54) is 0 Å². The molecule has 0 aliphatic carbocycles. The van der Waals surface area contributed by atoms with Crippen LogP contribution in [0.4, 0.5) is 0 Å². The molecule has 4 heteroatoms. The van der Waals surface area contributed by atoms with Gasteiger partial charge in [0.25, 0.3) is 0 Å². The summed E-state index contributed by atoms with van der Waals surface area (Å²) in [6.07, 6.45) is 2.83. The van der Waals surface area contributed by atoms with Gasteiger partial charge in [-0.25, -0.2) is 0 Å². The summed E-state index contributed by atoms with van der Waals surface area (Å²) in [7, 11) is 1.93. The smallest absolute Gasteiger partial charge is 0.324 e. The van der Waals surface area contributed by atoms with Crippen LogP contribution in [-0.2, 0) is 4.79 Å². The van der Waals surface area contributed by atoms with E-state index < -0.39 is 11.5 Å². The molecule has 0 saturated carbocycles. The van der Waals surface area contributed by atoms with Crippen LogP contribution in [0.3, 0.4) is 0 Å². The Hall–Kier alpha value is -0.220. The molecule has 82 valence electrons. The summed E-state index contributed by atoms with van der Waals surface area (Å²) in [5.41, 5.74) is -0.598. The second-order valence-electron chi connectivity index (χ2n) is 3.91. The Morgan fingerprint density at radius 1 is 1.64 bits per heavy atom. The molecule has 1 rings (SSSR count). The van der Waals surface area contributed by atoms with Crippen molar-refractivity contribution in [1.29, 1.82) is 0 Å². The fourth-order valence-corrected chi connectivity index (χ4v) is 3.28. The third-order valence-electron chi connectivity index (χ3n) is 2.91. The molecule has 1 atom stereocenters. The first kappa shape index (κ1) is 11.9. The zero-order valence-electron chi connectivity index (χ0n) is 8.95. The van der Waals surface area contributed by atoms with Gasteiger partial charge in [0.05, 0.1) is 0 Å². The number of rotatable bonds is 4. The maximum Gasteiger partial charge on any atom is 0.324 e. The highest BCUT2D eigenvalue weighted by atomic mass is 32.2. The fraction of sp³-hybridized carbons (Fsp3) is 0.900. The molecule has 1 fully saturated rings. The quantitative estimate of drug-likeness (QED) is 0.778. The molecule has 0 amide bonds. The molecule has 0 bridgehead atoms. The van der Waals surface area contributed by atoms with Crippen molar-refractivity contribution in [2.45, 2.75) is 31.7 Å². The summed E-state index contributed by atoms with van der Waals surface area (Å²) in [6.45, 7) is 2.95. The molecule has 0 aromatic rings. The minimum Gasteiger partial charge on any atom is -0.480 e. The topological polar surface area (TPSA) is 40.5 Å². The van der Waals surface area contributed by atoms with E-state index in [1.54, 1.807) is 11.8 Å². The lowest BCUT2D eigenvalue weighted by atomic mass is 9.93. The number of nitrogens with zero attached hydrogens (tertiary/aromatic N) is 1. The van der Waals surface area contributed by atoms with Crippen LogP contribution in [0.2, 0.25) is 0 Å². The predicted octanol–water partition coefficient (Wildman–Crippen LogP) is 1.68. The first-order valence-electron chi connectivity index (χ1n) is 5.16. The molecule has 0 radical (unpaired) electrons. The van der Waals surface area contributed by atoms with Gasteiger partial charge in [0.1, 0.15) is 5.54 Å². The molecule has 1 N–H and O–H groups in total. The molecule has 0 aromatic carbocycles. The number of carboxylic acids is 1. The van der Waals surface area contributed by atoms with Gasteiger partial charge < -0.3 is 5.11 Å². The van der Waals surface area contributed by atoms with Crippen molar-refractivity contribution >= 4 is 17.7 Å². The first-order valence-corrected chi connectivity index (χ1v) is 6.31. The molecule has 1 saturated heterocycles. The van der Waals surface area contributed by atoms with Crippen LogP contribution in [0.25, 0.3) is 0 Å². The molecular weight excluding hydrogens is 198 g/mol. The van der Waals surface area contributed by atoms with Crippen molar-refractivity contribution in [3.05, 3.63) is 0 Å². The van der Waals surface area contributed by atoms with E-state index in [1.807, 2.05) is 11.9 Å². The summed E-state index contributed by atoms with van der Waals surface area (Å²) in [5.74, 6) is 1.19. The zero-order valence-corrected chi connectivity index (χ0v) is 9.77. The van der Waals surface area contributed by atoms with Crippen molar-refractivity contribution in [2.75, 3.05) is 25.1 Å². The van der Waals surface area contributed by atoms with Crippen LogP contribution in [0.1, 0.15) is 26.2 Å². The van der Waals surface area contributed by atoms with Crippen molar-refractivity contribution in [1.82, 2.24) is 4.90 Å². The van der Waals surface area contributed by atoms with Gasteiger partial charge in [0, 0.05) is 5.75 Å². The van der Waals surface area contributed by atoms with Crippen LogP contribution in [0.5, 0.6) is 0 Å². The Balaban J connectivity index is 2.74. The highest BCUT2D eigenvalue weighted by Crippen LogP contribution is 2.31. The maximum atomic E-state index is 11.3. The maximum absolute atomic E-state index is 11.3. The van der Waals surface area contributed by atoms with E-state index in [0.717, 1.165) is 37.3 Å². The number of likely N-dealkylation sites (N-methyl/N-ethyl adjacent to an activating group) is 1. The molecule has 0 spiro atoms. The van der Waals surface area contributed by atoms with Crippen molar-refractivity contribution < 1.29 is 9.90 Å². The van der Waals surface area contributed by atoms with Gasteiger partial charge in [-0.1, -0.05) is 6.92 Å². The summed E-state index contributed by atoms with van der Waals surface area (Å²) in [6, 6.07) is 0. The largest absolute Gasteiger partial charge is 0.480 e. The molecule has 1 heterocycles. The van der Waals surface area contributed by atoms with E-state index in [2.05, 4.69) is 6.92 Å². The lowest BCUT2D eigenvalue weighted by Crippen LogP contribution is -2.56. The highest BCUT2D eigenvalue weighted by Gasteiger charge is 2.43. The summed E-state index contributed by atoms with van der Waals surface area (Å²) < 4.78 is 0. The van der Waals surface area contributed by atoms with Gasteiger partial charge in [0.15, 0.2) is 0 Å². The SMILES string of the molecule is CCCN(C)C1(C(=O)O)CCCSC1. The number of hydrogen-bond donors (Lipinski definition) is 1. The number of carbonyl (C=O) groups is 1. The Bertz CT molecular complexity index is 202. The Morgan fingerprint density at radius 3 is 2.79 bits per heavy atom. The normalized spacial score (nSPS) is 27.9. The Kier molecular flexibility index (Phi) is 4.26. The highest BCUT2D eigenvalue weighted by molar-refractivity contribution is 7.99. The summed E-state index contributed by atoms with van der Waals surface area (Å²) in [4.78, 5) is 13.4. The zero-order chi connectivity index (χ0) is 10.6. The van der Waals surface area contributed by atoms with Crippen molar-refractivity contribution in [3.63, 3.8) is 0 Å². The van der Waals surface area contributed by atoms with Crippen LogP contribution in [0, 0.1) is 0 Å². The Morgan fingerprint density at radius 2 is 2.36 bits per heavy atom. The standard InChI is InChI=1S/C10H19NO2S/c1-3-6-11(2)10(9(12)13)5-4-7-14-8-10/h3-8H2,1-2H3,(H,12,13). The van der Waals surface area contributed by atoms with Crippen LogP contribution >= 0.6 is 11.8 Å². The lowest BCUT2D eigenvalue weighted by molar-refractivity contribution is -0.150. The van der Waals surface area contributed by atoms with Crippen LogP contribution in [-0.4, -0.2) is 46.6 Å². The average Bonchev–Trinajstić information content (AvgIpc) is 2.19. The van der Waals surface area contributed by atoms with Crippen molar-refractivity contribution in [2.24, 2.45) is 0 Å². The molecular formula is C10H19NO2S. The molecule has 0 aromatic heterocycles. The van der Waals surface area contributed by atoms with Gasteiger partial charge in [-0.2, -0.15) is 11.8 Å². The minimum atomic E-state index is -0.652. The molecule has 1 aliphatic heterocycles. The van der Waals surface area contributed by atoms with Gasteiger partial charge in [-0.05, 0) is 38.6 Å². The van der Waals surface area contributed by atoms with E-state index in [0.29, 0.717) is 0 Å². The fourth-order valence-electron chi connectivity index (χ4n) is 1.96. The predicted molar refractivity (Wildman–Crippen MR) is 59.8 cm³/mol. The van der Waals surface area contributed by atoms with Crippen molar-refractivity contribution in [3.8, 4) is 0 Å². The van der Waals surface area contributed by atoms with Gasteiger partial charge >= 0.3 is 5.97 Å². The third-order valence-corrected chi connectivity index (χ3v) is 4.17. The lowest BCUT2D eigenvalue weighted by Gasteiger charge is -2.40. The monoisotopic (exact) mass is 217 g/mol. The molecule has 1 aliphatic rings. The van der Waals surface area contributed by atoms with E-state index >= 15 is 0 Å². The van der Waals surface area contributed by atoms with E-state index in [4.69, 9.17) is 0 Å².